The molecule has 0 bridgehead atoms. The van der Waals surface area contributed by atoms with Gasteiger partial charge in [0.15, 0.2) is 10.6 Å². The minimum absolute atomic E-state index is 0.0512. The number of carbonyl (C=O) groups is 1. The second kappa shape index (κ2) is 7.02. The maximum atomic E-state index is 12.1. The van der Waals surface area contributed by atoms with E-state index in [9.17, 15) is 4.79 Å². The maximum Gasteiger partial charge on any atom is 0.224 e. The maximum absolute atomic E-state index is 12.1. The lowest BCUT2D eigenvalue weighted by molar-refractivity contribution is -0.120. The predicted molar refractivity (Wildman–Crippen MR) is 90.7 cm³/mol. The van der Waals surface area contributed by atoms with Crippen LogP contribution in [0.15, 0.2) is 60.7 Å². The average molecular weight is 324 g/mol. The molecule has 0 spiro atoms. The molecule has 2 aromatic carbocycles. The molecule has 3 rings (SSSR count). The van der Waals surface area contributed by atoms with E-state index in [0.717, 1.165) is 11.3 Å². The lowest BCUT2D eigenvalue weighted by atomic mass is 10.1. The molecule has 2 N–H and O–H groups in total. The van der Waals surface area contributed by atoms with Crippen LogP contribution in [0.25, 0.3) is 5.69 Å². The first-order valence-electron chi connectivity index (χ1n) is 7.26. The normalized spacial score (nSPS) is 10.4. The molecule has 0 saturated carbocycles. The average Bonchev–Trinajstić information content (AvgIpc) is 2.95. The number of aromatic nitrogens is 3. The fourth-order valence-corrected chi connectivity index (χ4v) is 2.57. The second-order valence-electron chi connectivity index (χ2n) is 5.06. The molecule has 0 unspecified atom stereocenters. The molecule has 0 aliphatic heterocycles. The van der Waals surface area contributed by atoms with Gasteiger partial charge in [-0.2, -0.15) is 5.10 Å². The summed E-state index contributed by atoms with van der Waals surface area (Å²) in [4.78, 5) is 12.1. The predicted octanol–water partition coefficient (Wildman–Crippen LogP) is 2.79. The van der Waals surface area contributed by atoms with Crippen molar-refractivity contribution in [1.82, 2.24) is 20.1 Å². The number of nitrogens with zero attached hydrogens (tertiary/aromatic N) is 2. The third-order valence-corrected chi connectivity index (χ3v) is 3.68. The van der Waals surface area contributed by atoms with Crippen molar-refractivity contribution < 1.29 is 4.79 Å². The Labute approximate surface area is 139 Å². The van der Waals surface area contributed by atoms with Crippen molar-refractivity contribution in [2.24, 2.45) is 0 Å². The molecular formula is C17H16N4OS. The second-order valence-corrected chi connectivity index (χ2v) is 5.44. The van der Waals surface area contributed by atoms with Crippen LogP contribution in [0.4, 0.5) is 0 Å². The van der Waals surface area contributed by atoms with E-state index in [1.165, 1.54) is 0 Å². The Kier molecular flexibility index (Phi) is 4.63. The smallest absolute Gasteiger partial charge is 0.224 e. The lowest BCUT2D eigenvalue weighted by Gasteiger charge is -2.08. The van der Waals surface area contributed by atoms with Crippen LogP contribution in [0.2, 0.25) is 0 Å². The molecule has 0 atom stereocenters. The number of carbonyl (C=O) groups excluding carboxylic acids is 1. The van der Waals surface area contributed by atoms with Gasteiger partial charge in [-0.05, 0) is 29.9 Å². The number of hydrogen-bond acceptors (Lipinski definition) is 3. The van der Waals surface area contributed by atoms with Crippen LogP contribution < -0.4 is 5.32 Å². The molecule has 1 aromatic heterocycles. The first kappa shape index (κ1) is 15.2. The zero-order valence-electron chi connectivity index (χ0n) is 12.4. The SMILES string of the molecule is O=C(Cc1ccccc1)NCc1n[nH]c(=S)n1-c1ccccc1. The number of H-pyrrole nitrogens is 1. The Morgan fingerprint density at radius 3 is 2.43 bits per heavy atom. The fraction of sp³-hybridized carbons (Fsp3) is 0.118. The van der Waals surface area contributed by atoms with Crippen LogP contribution in [0.5, 0.6) is 0 Å². The fourth-order valence-electron chi connectivity index (χ4n) is 2.31. The van der Waals surface area contributed by atoms with Crippen LogP contribution in [0, 0.1) is 4.77 Å². The summed E-state index contributed by atoms with van der Waals surface area (Å²) >= 11 is 5.27. The Hall–Kier alpha value is -2.73. The molecule has 1 heterocycles. The minimum Gasteiger partial charge on any atom is -0.348 e. The molecule has 0 radical (unpaired) electrons. The Morgan fingerprint density at radius 1 is 1.09 bits per heavy atom. The number of nitrogens with one attached hydrogen (secondary N) is 2. The molecule has 0 saturated heterocycles. The number of hydrogen-bond donors (Lipinski definition) is 2. The van der Waals surface area contributed by atoms with Gasteiger partial charge in [0.05, 0.1) is 13.0 Å². The Balaban J connectivity index is 1.70. The van der Waals surface area contributed by atoms with Crippen LogP contribution in [-0.2, 0) is 17.8 Å². The van der Waals surface area contributed by atoms with E-state index >= 15 is 0 Å². The Bertz CT molecular complexity index is 840. The number of aromatic amines is 1. The summed E-state index contributed by atoms with van der Waals surface area (Å²) in [5.74, 6) is 0.618. The zero-order chi connectivity index (χ0) is 16.1. The third-order valence-electron chi connectivity index (χ3n) is 3.41. The summed E-state index contributed by atoms with van der Waals surface area (Å²) in [5.41, 5.74) is 1.89. The van der Waals surface area contributed by atoms with Gasteiger partial charge in [-0.15, -0.1) is 0 Å². The number of benzene rings is 2. The van der Waals surface area contributed by atoms with Gasteiger partial charge in [-0.25, -0.2) is 0 Å². The molecule has 116 valence electrons. The molecule has 0 aliphatic rings. The first-order chi connectivity index (χ1) is 11.2. The van der Waals surface area contributed by atoms with Crippen molar-refractivity contribution in [3.8, 4) is 5.69 Å². The quantitative estimate of drug-likeness (QED) is 0.709. The van der Waals surface area contributed by atoms with Gasteiger partial charge in [0, 0.05) is 5.69 Å². The van der Waals surface area contributed by atoms with Gasteiger partial charge in [0.2, 0.25) is 5.91 Å². The van der Waals surface area contributed by atoms with Gasteiger partial charge >= 0.3 is 0 Å². The van der Waals surface area contributed by atoms with E-state index in [-0.39, 0.29) is 5.91 Å². The molecule has 1 amide bonds. The van der Waals surface area contributed by atoms with Gasteiger partial charge in [-0.3, -0.25) is 14.5 Å². The summed E-state index contributed by atoms with van der Waals surface area (Å²) in [5, 5.41) is 9.86. The van der Waals surface area contributed by atoms with E-state index in [1.54, 1.807) is 0 Å². The van der Waals surface area contributed by atoms with Gasteiger partial charge in [0.25, 0.3) is 0 Å². The first-order valence-corrected chi connectivity index (χ1v) is 7.67. The summed E-state index contributed by atoms with van der Waals surface area (Å²) in [7, 11) is 0. The van der Waals surface area contributed by atoms with Crippen LogP contribution in [-0.4, -0.2) is 20.7 Å². The number of rotatable bonds is 5. The van der Waals surface area contributed by atoms with E-state index in [4.69, 9.17) is 12.2 Å². The molecule has 0 fully saturated rings. The molecule has 6 heteroatoms. The van der Waals surface area contributed by atoms with Gasteiger partial charge in [-0.1, -0.05) is 48.5 Å². The highest BCUT2D eigenvalue weighted by atomic mass is 32.1. The molecular weight excluding hydrogens is 308 g/mol. The summed E-state index contributed by atoms with van der Waals surface area (Å²) < 4.78 is 2.32. The Morgan fingerprint density at radius 2 is 1.74 bits per heavy atom. The van der Waals surface area contributed by atoms with Crippen molar-refractivity contribution in [2.45, 2.75) is 13.0 Å². The molecule has 0 aliphatic carbocycles. The highest BCUT2D eigenvalue weighted by Crippen LogP contribution is 2.10. The van der Waals surface area contributed by atoms with E-state index in [2.05, 4.69) is 15.5 Å². The zero-order valence-corrected chi connectivity index (χ0v) is 13.2. The molecule has 3 aromatic rings. The van der Waals surface area contributed by atoms with Crippen molar-refractivity contribution in [2.75, 3.05) is 0 Å². The highest BCUT2D eigenvalue weighted by Gasteiger charge is 2.10. The van der Waals surface area contributed by atoms with Gasteiger partial charge in [0.1, 0.15) is 0 Å². The number of para-hydroxylation sites is 1. The van der Waals surface area contributed by atoms with Crippen molar-refractivity contribution in [1.29, 1.82) is 0 Å². The van der Waals surface area contributed by atoms with E-state index in [1.807, 2.05) is 65.2 Å². The van der Waals surface area contributed by atoms with Crippen LogP contribution in [0.3, 0.4) is 0 Å². The highest BCUT2D eigenvalue weighted by molar-refractivity contribution is 7.71. The summed E-state index contributed by atoms with van der Waals surface area (Å²) in [6, 6.07) is 19.3. The third kappa shape index (κ3) is 3.73. The van der Waals surface area contributed by atoms with Crippen LogP contribution >= 0.6 is 12.2 Å². The van der Waals surface area contributed by atoms with Crippen molar-refractivity contribution in [3.63, 3.8) is 0 Å². The van der Waals surface area contributed by atoms with Crippen LogP contribution in [0.1, 0.15) is 11.4 Å². The summed E-state index contributed by atoms with van der Waals surface area (Å²) in [6.07, 6.45) is 0.345. The lowest BCUT2D eigenvalue weighted by Crippen LogP contribution is -2.26. The standard InChI is InChI=1S/C17H16N4OS/c22-16(11-13-7-3-1-4-8-13)18-12-15-19-20-17(23)21(15)14-9-5-2-6-10-14/h1-10H,11-12H2,(H,18,22)(H,20,23). The number of amides is 1. The van der Waals surface area contributed by atoms with Crippen molar-refractivity contribution >= 4 is 18.1 Å². The minimum atomic E-state index is -0.0512. The monoisotopic (exact) mass is 324 g/mol. The van der Waals surface area contributed by atoms with E-state index < -0.39 is 0 Å². The van der Waals surface area contributed by atoms with Gasteiger partial charge < -0.3 is 5.32 Å². The largest absolute Gasteiger partial charge is 0.348 e. The molecule has 5 nitrogen and oxygen atoms in total. The summed E-state index contributed by atoms with van der Waals surface area (Å²) in [6.45, 7) is 0.313. The molecule has 23 heavy (non-hydrogen) atoms. The van der Waals surface area contributed by atoms with Crippen molar-refractivity contribution in [3.05, 3.63) is 76.8 Å². The van der Waals surface area contributed by atoms with E-state index in [0.29, 0.717) is 23.6 Å². The topological polar surface area (TPSA) is 62.7 Å².